The highest BCUT2D eigenvalue weighted by Crippen LogP contribution is 2.10. The van der Waals surface area contributed by atoms with Crippen LogP contribution in [0.25, 0.3) is 0 Å². The highest BCUT2D eigenvalue weighted by Gasteiger charge is 2.28. The standard InChI is InChI=1S/C10H23NO5/c1-9(14,6-12)4-11(8-13)5-10(2,15)7-16-3/h12-15H,4-8H2,1-3H3. The van der Waals surface area contributed by atoms with E-state index in [1.54, 1.807) is 6.92 Å². The predicted molar refractivity (Wildman–Crippen MR) is 58.9 cm³/mol. The Labute approximate surface area is 96.1 Å². The van der Waals surface area contributed by atoms with E-state index in [1.807, 2.05) is 0 Å². The third-order valence-electron chi connectivity index (χ3n) is 2.12. The van der Waals surface area contributed by atoms with Crippen LogP contribution in [0.2, 0.25) is 0 Å². The van der Waals surface area contributed by atoms with E-state index in [2.05, 4.69) is 0 Å². The Balaban J connectivity index is 4.30. The normalized spacial score (nSPS) is 19.5. The topological polar surface area (TPSA) is 93.4 Å². The van der Waals surface area contributed by atoms with Crippen LogP contribution in [0.3, 0.4) is 0 Å². The van der Waals surface area contributed by atoms with Crippen LogP contribution < -0.4 is 0 Å². The van der Waals surface area contributed by atoms with Gasteiger partial charge in [-0.3, -0.25) is 4.90 Å². The molecule has 16 heavy (non-hydrogen) atoms. The first kappa shape index (κ1) is 15.8. The van der Waals surface area contributed by atoms with Gasteiger partial charge in [-0.1, -0.05) is 0 Å². The van der Waals surface area contributed by atoms with Crippen LogP contribution in [0.15, 0.2) is 0 Å². The van der Waals surface area contributed by atoms with Crippen molar-refractivity contribution < 1.29 is 25.2 Å². The van der Waals surface area contributed by atoms with Gasteiger partial charge in [0.15, 0.2) is 0 Å². The van der Waals surface area contributed by atoms with Crippen molar-refractivity contribution >= 4 is 0 Å². The maximum atomic E-state index is 9.86. The smallest absolute Gasteiger partial charge is 0.0978 e. The molecule has 6 nitrogen and oxygen atoms in total. The van der Waals surface area contributed by atoms with Crippen molar-refractivity contribution in [3.8, 4) is 0 Å². The minimum Gasteiger partial charge on any atom is -0.393 e. The number of hydrogen-bond donors (Lipinski definition) is 4. The van der Waals surface area contributed by atoms with Gasteiger partial charge in [0.05, 0.1) is 31.1 Å². The largest absolute Gasteiger partial charge is 0.393 e. The maximum absolute atomic E-state index is 9.86. The number of aliphatic hydroxyl groups is 4. The SMILES string of the molecule is COCC(C)(O)CN(CO)CC(C)(O)CO. The number of rotatable bonds is 8. The zero-order chi connectivity index (χ0) is 12.8. The van der Waals surface area contributed by atoms with Crippen LogP contribution in [0.5, 0.6) is 0 Å². The number of hydrogen-bond acceptors (Lipinski definition) is 6. The Bertz CT molecular complexity index is 196. The summed E-state index contributed by atoms with van der Waals surface area (Å²) in [6.45, 7) is 2.66. The van der Waals surface area contributed by atoms with E-state index in [0.29, 0.717) is 0 Å². The summed E-state index contributed by atoms with van der Waals surface area (Å²) in [5.74, 6) is 0. The van der Waals surface area contributed by atoms with Gasteiger partial charge in [-0.2, -0.15) is 0 Å². The van der Waals surface area contributed by atoms with Gasteiger partial charge in [0.25, 0.3) is 0 Å². The molecule has 0 bridgehead atoms. The van der Waals surface area contributed by atoms with Crippen molar-refractivity contribution in [3.05, 3.63) is 0 Å². The third-order valence-corrected chi connectivity index (χ3v) is 2.12. The fraction of sp³-hybridized carbons (Fsp3) is 1.00. The van der Waals surface area contributed by atoms with Gasteiger partial charge in [0.1, 0.15) is 0 Å². The van der Waals surface area contributed by atoms with Crippen LogP contribution in [-0.2, 0) is 4.74 Å². The van der Waals surface area contributed by atoms with Crippen molar-refractivity contribution in [3.63, 3.8) is 0 Å². The minimum atomic E-state index is -1.30. The van der Waals surface area contributed by atoms with E-state index in [0.717, 1.165) is 0 Å². The summed E-state index contributed by atoms with van der Waals surface area (Å²) >= 11 is 0. The molecule has 0 saturated carbocycles. The first-order valence-electron chi connectivity index (χ1n) is 5.14. The quantitative estimate of drug-likeness (QED) is 0.379. The predicted octanol–water partition coefficient (Wildman–Crippen LogP) is -1.62. The second-order valence-electron chi connectivity index (χ2n) is 4.71. The van der Waals surface area contributed by atoms with Crippen molar-refractivity contribution in [2.24, 2.45) is 0 Å². The molecule has 0 amide bonds. The molecule has 0 aliphatic rings. The second-order valence-corrected chi connectivity index (χ2v) is 4.71. The third kappa shape index (κ3) is 6.37. The first-order valence-corrected chi connectivity index (χ1v) is 5.14. The molecule has 0 radical (unpaired) electrons. The zero-order valence-electron chi connectivity index (χ0n) is 10.2. The number of ether oxygens (including phenoxy) is 1. The number of nitrogens with zero attached hydrogens (tertiary/aromatic N) is 1. The molecule has 2 atom stereocenters. The van der Waals surface area contributed by atoms with E-state index in [4.69, 9.17) is 14.9 Å². The molecule has 0 fully saturated rings. The molecular formula is C10H23NO5. The molecule has 98 valence electrons. The highest BCUT2D eigenvalue weighted by atomic mass is 16.5. The molecule has 0 aliphatic heterocycles. The molecule has 0 aromatic carbocycles. The lowest BCUT2D eigenvalue weighted by Gasteiger charge is -2.33. The minimum absolute atomic E-state index is 0.0693. The molecule has 0 aromatic heterocycles. The van der Waals surface area contributed by atoms with E-state index < -0.39 is 17.8 Å². The van der Waals surface area contributed by atoms with E-state index in [1.165, 1.54) is 18.9 Å². The second kappa shape index (κ2) is 6.48. The van der Waals surface area contributed by atoms with Crippen LogP contribution in [-0.4, -0.2) is 76.7 Å². The van der Waals surface area contributed by atoms with Gasteiger partial charge in [0, 0.05) is 20.2 Å². The molecule has 0 aromatic rings. The molecule has 2 unspecified atom stereocenters. The molecule has 6 heteroatoms. The summed E-state index contributed by atoms with van der Waals surface area (Å²) in [4.78, 5) is 1.44. The van der Waals surface area contributed by atoms with E-state index >= 15 is 0 Å². The van der Waals surface area contributed by atoms with Crippen LogP contribution >= 0.6 is 0 Å². The number of aliphatic hydroxyl groups excluding tert-OH is 2. The summed E-state index contributed by atoms with van der Waals surface area (Å²) < 4.78 is 4.84. The average Bonchev–Trinajstić information content (AvgIpc) is 2.16. The summed E-state index contributed by atoms with van der Waals surface area (Å²) in [6, 6.07) is 0. The Morgan fingerprint density at radius 2 is 1.56 bits per heavy atom. The maximum Gasteiger partial charge on any atom is 0.0978 e. The lowest BCUT2D eigenvalue weighted by Crippen LogP contribution is -2.50. The Hall–Kier alpha value is -0.240. The summed E-state index contributed by atoms with van der Waals surface area (Å²) in [7, 11) is 1.47. The van der Waals surface area contributed by atoms with Gasteiger partial charge >= 0.3 is 0 Å². The fourth-order valence-electron chi connectivity index (χ4n) is 1.53. The van der Waals surface area contributed by atoms with Crippen molar-refractivity contribution in [1.82, 2.24) is 4.90 Å². The highest BCUT2D eigenvalue weighted by molar-refractivity contribution is 4.81. The Morgan fingerprint density at radius 3 is 1.94 bits per heavy atom. The van der Waals surface area contributed by atoms with Gasteiger partial charge in [-0.05, 0) is 13.8 Å². The lowest BCUT2D eigenvalue weighted by molar-refractivity contribution is -0.0854. The molecule has 0 saturated heterocycles. The molecule has 0 heterocycles. The first-order chi connectivity index (χ1) is 7.26. The molecule has 0 spiro atoms. The van der Waals surface area contributed by atoms with Gasteiger partial charge in [-0.25, -0.2) is 0 Å². The summed E-state index contributed by atoms with van der Waals surface area (Å²) in [6.07, 6.45) is 0. The summed E-state index contributed by atoms with van der Waals surface area (Å²) in [5.41, 5.74) is -2.41. The van der Waals surface area contributed by atoms with Crippen LogP contribution in [0, 0.1) is 0 Å². The van der Waals surface area contributed by atoms with Crippen LogP contribution in [0.1, 0.15) is 13.8 Å². The van der Waals surface area contributed by atoms with Gasteiger partial charge in [-0.15, -0.1) is 0 Å². The summed E-state index contributed by atoms with van der Waals surface area (Å²) in [5, 5.41) is 37.5. The Kier molecular flexibility index (Phi) is 6.39. The van der Waals surface area contributed by atoms with E-state index in [9.17, 15) is 10.2 Å². The van der Waals surface area contributed by atoms with Gasteiger partial charge < -0.3 is 25.2 Å². The average molecular weight is 237 g/mol. The zero-order valence-corrected chi connectivity index (χ0v) is 10.2. The molecule has 4 N–H and O–H groups in total. The molecule has 0 rings (SSSR count). The van der Waals surface area contributed by atoms with Crippen molar-refractivity contribution in [2.45, 2.75) is 25.0 Å². The Morgan fingerprint density at radius 1 is 1.06 bits per heavy atom. The number of methoxy groups -OCH3 is 1. The van der Waals surface area contributed by atoms with E-state index in [-0.39, 0.29) is 26.4 Å². The fourth-order valence-corrected chi connectivity index (χ4v) is 1.53. The molecular weight excluding hydrogens is 214 g/mol. The van der Waals surface area contributed by atoms with Gasteiger partial charge in [0.2, 0.25) is 0 Å². The van der Waals surface area contributed by atoms with Crippen LogP contribution in [0.4, 0.5) is 0 Å². The molecule has 0 aliphatic carbocycles. The lowest BCUT2D eigenvalue weighted by atomic mass is 10.0. The van der Waals surface area contributed by atoms with Crippen molar-refractivity contribution in [1.29, 1.82) is 0 Å². The monoisotopic (exact) mass is 237 g/mol. The van der Waals surface area contributed by atoms with Crippen molar-refractivity contribution in [2.75, 3.05) is 40.1 Å².